The second-order valence-corrected chi connectivity index (χ2v) is 5.52. The summed E-state index contributed by atoms with van der Waals surface area (Å²) in [5.41, 5.74) is 2.01. The van der Waals surface area contributed by atoms with Crippen LogP contribution in [0.2, 0.25) is 0 Å². The van der Waals surface area contributed by atoms with Gasteiger partial charge in [-0.15, -0.1) is 0 Å². The predicted octanol–water partition coefficient (Wildman–Crippen LogP) is 4.34. The Morgan fingerprint density at radius 2 is 1.85 bits per heavy atom. The fraction of sp³-hybridized carbons (Fsp3) is 0. The molecular formula is C16H10BrN3. The number of aromatic nitrogens is 3. The van der Waals surface area contributed by atoms with Crippen LogP contribution < -0.4 is 0 Å². The van der Waals surface area contributed by atoms with Gasteiger partial charge in [-0.2, -0.15) is 0 Å². The number of hydrogen-bond acceptors (Lipinski definition) is 2. The smallest absolute Gasteiger partial charge is 0.146 e. The molecule has 2 aromatic carbocycles. The lowest BCUT2D eigenvalue weighted by atomic mass is 10.1. The molecule has 3 nitrogen and oxygen atoms in total. The van der Waals surface area contributed by atoms with Crippen LogP contribution in [0.4, 0.5) is 0 Å². The summed E-state index contributed by atoms with van der Waals surface area (Å²) in [5.74, 6) is 0.910. The highest BCUT2D eigenvalue weighted by atomic mass is 79.9. The molecule has 0 aliphatic carbocycles. The van der Waals surface area contributed by atoms with Gasteiger partial charge >= 0.3 is 0 Å². The van der Waals surface area contributed by atoms with E-state index in [0.717, 1.165) is 26.7 Å². The van der Waals surface area contributed by atoms with Crippen molar-refractivity contribution < 1.29 is 0 Å². The number of rotatable bonds is 1. The van der Waals surface area contributed by atoms with Crippen LogP contribution in [0.15, 0.2) is 65.5 Å². The molecule has 0 bridgehead atoms. The zero-order valence-corrected chi connectivity index (χ0v) is 12.1. The maximum Gasteiger partial charge on any atom is 0.146 e. The van der Waals surface area contributed by atoms with Crippen molar-refractivity contribution in [2.24, 2.45) is 0 Å². The van der Waals surface area contributed by atoms with E-state index in [1.54, 1.807) is 0 Å². The van der Waals surface area contributed by atoms with Crippen LogP contribution >= 0.6 is 15.9 Å². The molecule has 0 fully saturated rings. The van der Waals surface area contributed by atoms with Gasteiger partial charge in [0, 0.05) is 16.1 Å². The minimum Gasteiger partial charge on any atom is -0.282 e. The lowest BCUT2D eigenvalue weighted by molar-refractivity contribution is 1.04. The Bertz CT molecular complexity index is 922. The van der Waals surface area contributed by atoms with E-state index in [1.165, 1.54) is 5.39 Å². The van der Waals surface area contributed by atoms with Gasteiger partial charge < -0.3 is 0 Å². The van der Waals surface area contributed by atoms with Crippen molar-refractivity contribution in [2.75, 3.05) is 0 Å². The van der Waals surface area contributed by atoms with Crippen LogP contribution in [0.25, 0.3) is 27.6 Å². The third-order valence-electron chi connectivity index (χ3n) is 3.39. The maximum absolute atomic E-state index is 4.53. The second kappa shape index (κ2) is 4.42. The molecule has 0 spiro atoms. The molecule has 0 N–H and O–H groups in total. The minimum absolute atomic E-state index is 0.910. The Labute approximate surface area is 124 Å². The molecule has 4 rings (SSSR count). The first-order valence-corrected chi connectivity index (χ1v) is 7.09. The van der Waals surface area contributed by atoms with Crippen molar-refractivity contribution in [3.05, 3.63) is 65.5 Å². The number of halogens is 1. The van der Waals surface area contributed by atoms with Crippen LogP contribution in [-0.4, -0.2) is 14.5 Å². The van der Waals surface area contributed by atoms with Gasteiger partial charge in [-0.25, -0.2) is 9.97 Å². The molecule has 4 aromatic rings. The molecule has 0 saturated carbocycles. The first-order chi connectivity index (χ1) is 9.83. The van der Waals surface area contributed by atoms with Gasteiger partial charge in [0.2, 0.25) is 0 Å². The van der Waals surface area contributed by atoms with Gasteiger partial charge in [0.15, 0.2) is 0 Å². The first kappa shape index (κ1) is 11.6. The number of imidazole rings is 1. The minimum atomic E-state index is 0.910. The Hall–Kier alpha value is -2.20. The second-order valence-electron chi connectivity index (χ2n) is 4.60. The molecule has 0 unspecified atom stereocenters. The lowest BCUT2D eigenvalue weighted by Crippen LogP contribution is -1.96. The summed E-state index contributed by atoms with van der Waals surface area (Å²) in [5, 5.41) is 2.30. The molecule has 0 aliphatic heterocycles. The highest BCUT2D eigenvalue weighted by Crippen LogP contribution is 2.25. The van der Waals surface area contributed by atoms with Crippen molar-refractivity contribution >= 4 is 37.7 Å². The molecule has 0 amide bonds. The Balaban J connectivity index is 2.06. The monoisotopic (exact) mass is 323 g/mol. The molecule has 20 heavy (non-hydrogen) atoms. The van der Waals surface area contributed by atoms with Crippen LogP contribution in [-0.2, 0) is 0 Å². The van der Waals surface area contributed by atoms with E-state index in [2.05, 4.69) is 44.1 Å². The van der Waals surface area contributed by atoms with E-state index in [9.17, 15) is 0 Å². The van der Waals surface area contributed by atoms with E-state index in [0.29, 0.717) is 0 Å². The standard InChI is InChI=1S/C16H10BrN3/c17-12-5-6-15-14(9-12)19-10-20(15)16-13-4-2-1-3-11(13)7-8-18-16/h1-10H. The van der Waals surface area contributed by atoms with E-state index in [4.69, 9.17) is 0 Å². The summed E-state index contributed by atoms with van der Waals surface area (Å²) < 4.78 is 3.06. The van der Waals surface area contributed by atoms with E-state index < -0.39 is 0 Å². The van der Waals surface area contributed by atoms with Crippen molar-refractivity contribution in [3.8, 4) is 5.82 Å². The number of pyridine rings is 1. The zero-order chi connectivity index (χ0) is 13.5. The Kier molecular flexibility index (Phi) is 2.57. The van der Waals surface area contributed by atoms with Gasteiger partial charge in [-0.3, -0.25) is 4.57 Å². The van der Waals surface area contributed by atoms with E-state index in [-0.39, 0.29) is 0 Å². The van der Waals surface area contributed by atoms with Gasteiger partial charge in [0.25, 0.3) is 0 Å². The average molecular weight is 324 g/mol. The summed E-state index contributed by atoms with van der Waals surface area (Å²) in [6.45, 7) is 0. The highest BCUT2D eigenvalue weighted by molar-refractivity contribution is 9.10. The molecule has 96 valence electrons. The normalized spacial score (nSPS) is 11.2. The third-order valence-corrected chi connectivity index (χ3v) is 3.88. The van der Waals surface area contributed by atoms with Gasteiger partial charge in [0.05, 0.1) is 11.0 Å². The summed E-state index contributed by atoms with van der Waals surface area (Å²) in [6, 6.07) is 16.4. The van der Waals surface area contributed by atoms with Crippen LogP contribution in [0.1, 0.15) is 0 Å². The summed E-state index contributed by atoms with van der Waals surface area (Å²) in [7, 11) is 0. The predicted molar refractivity (Wildman–Crippen MR) is 84.1 cm³/mol. The van der Waals surface area contributed by atoms with Crippen LogP contribution in [0.3, 0.4) is 0 Å². The van der Waals surface area contributed by atoms with Gasteiger partial charge in [0.1, 0.15) is 12.1 Å². The maximum atomic E-state index is 4.53. The molecule has 0 atom stereocenters. The number of nitrogens with zero attached hydrogens (tertiary/aromatic N) is 3. The Morgan fingerprint density at radius 3 is 2.80 bits per heavy atom. The SMILES string of the molecule is Brc1ccc2c(c1)ncn2-c1nccc2ccccc12. The fourth-order valence-electron chi connectivity index (χ4n) is 2.45. The number of fused-ring (bicyclic) bond motifs is 2. The molecule has 0 saturated heterocycles. The van der Waals surface area contributed by atoms with Crippen LogP contribution in [0, 0.1) is 0 Å². The lowest BCUT2D eigenvalue weighted by Gasteiger charge is -2.07. The molecule has 0 aliphatic rings. The van der Waals surface area contributed by atoms with E-state index >= 15 is 0 Å². The highest BCUT2D eigenvalue weighted by Gasteiger charge is 2.09. The molecule has 0 radical (unpaired) electrons. The number of benzene rings is 2. The quantitative estimate of drug-likeness (QED) is 0.521. The molecule has 2 heterocycles. The fourth-order valence-corrected chi connectivity index (χ4v) is 2.80. The average Bonchev–Trinajstić information content (AvgIpc) is 2.89. The summed E-state index contributed by atoms with van der Waals surface area (Å²) in [4.78, 5) is 8.99. The summed E-state index contributed by atoms with van der Waals surface area (Å²) in [6.07, 6.45) is 3.66. The van der Waals surface area contributed by atoms with Gasteiger partial charge in [-0.05, 0) is 29.7 Å². The van der Waals surface area contributed by atoms with Gasteiger partial charge in [-0.1, -0.05) is 40.2 Å². The first-order valence-electron chi connectivity index (χ1n) is 6.30. The van der Waals surface area contributed by atoms with Crippen molar-refractivity contribution in [3.63, 3.8) is 0 Å². The largest absolute Gasteiger partial charge is 0.282 e. The molecule has 4 heteroatoms. The van der Waals surface area contributed by atoms with Crippen molar-refractivity contribution in [1.82, 2.24) is 14.5 Å². The van der Waals surface area contributed by atoms with Crippen LogP contribution in [0.5, 0.6) is 0 Å². The van der Waals surface area contributed by atoms with Crippen molar-refractivity contribution in [1.29, 1.82) is 0 Å². The zero-order valence-electron chi connectivity index (χ0n) is 10.5. The number of hydrogen-bond donors (Lipinski definition) is 0. The van der Waals surface area contributed by atoms with E-state index in [1.807, 2.05) is 47.4 Å². The topological polar surface area (TPSA) is 30.7 Å². The molecule has 2 aromatic heterocycles. The third kappa shape index (κ3) is 1.72. The van der Waals surface area contributed by atoms with Crippen molar-refractivity contribution in [2.45, 2.75) is 0 Å². The summed E-state index contributed by atoms with van der Waals surface area (Å²) >= 11 is 3.47. The Morgan fingerprint density at radius 1 is 0.950 bits per heavy atom. The molecular weight excluding hydrogens is 314 g/mol.